The van der Waals surface area contributed by atoms with E-state index >= 15 is 0 Å². The van der Waals surface area contributed by atoms with Crippen molar-refractivity contribution < 1.29 is 4.79 Å². The van der Waals surface area contributed by atoms with E-state index in [2.05, 4.69) is 34.7 Å². The van der Waals surface area contributed by atoms with E-state index in [4.69, 9.17) is 0 Å². The molecule has 0 unspecified atom stereocenters. The molecule has 94 valence electrons. The summed E-state index contributed by atoms with van der Waals surface area (Å²) in [5, 5.41) is 0. The van der Waals surface area contributed by atoms with Crippen LogP contribution in [0.3, 0.4) is 0 Å². The third-order valence-electron chi connectivity index (χ3n) is 2.86. The molecule has 0 saturated carbocycles. The normalized spacial score (nSPS) is 10.4. The standard InChI is InChI=1S/C14H20BrNO/c1-4-6-9-16(5-2)14-8-7-12(11(3)17)10-13(14)15/h7-8,10H,4-6,9H2,1-3H3. The van der Waals surface area contributed by atoms with Gasteiger partial charge in [-0.2, -0.15) is 0 Å². The van der Waals surface area contributed by atoms with Crippen LogP contribution in [-0.4, -0.2) is 18.9 Å². The molecule has 0 aliphatic carbocycles. The molecule has 0 aliphatic rings. The van der Waals surface area contributed by atoms with E-state index in [-0.39, 0.29) is 5.78 Å². The monoisotopic (exact) mass is 297 g/mol. The average molecular weight is 298 g/mol. The third-order valence-corrected chi connectivity index (χ3v) is 3.49. The van der Waals surface area contributed by atoms with Crippen molar-refractivity contribution in [1.82, 2.24) is 0 Å². The van der Waals surface area contributed by atoms with Crippen molar-refractivity contribution in [3.63, 3.8) is 0 Å². The third kappa shape index (κ3) is 3.84. The molecule has 0 atom stereocenters. The smallest absolute Gasteiger partial charge is 0.159 e. The minimum Gasteiger partial charge on any atom is -0.371 e. The molecule has 0 bridgehead atoms. The molecule has 0 fully saturated rings. The summed E-state index contributed by atoms with van der Waals surface area (Å²) in [7, 11) is 0. The Kier molecular flexibility index (Phi) is 5.69. The Morgan fingerprint density at radius 2 is 2.06 bits per heavy atom. The molecule has 0 aromatic heterocycles. The molecule has 0 N–H and O–H groups in total. The molecule has 1 aromatic rings. The Bertz CT molecular complexity index is 390. The topological polar surface area (TPSA) is 20.3 Å². The highest BCUT2D eigenvalue weighted by atomic mass is 79.9. The minimum atomic E-state index is 0.105. The molecule has 0 spiro atoms. The molecule has 0 saturated heterocycles. The van der Waals surface area contributed by atoms with E-state index in [0.29, 0.717) is 0 Å². The second-order valence-electron chi connectivity index (χ2n) is 4.16. The van der Waals surface area contributed by atoms with Gasteiger partial charge in [0.25, 0.3) is 0 Å². The number of ketones is 1. The van der Waals surface area contributed by atoms with Gasteiger partial charge in [0, 0.05) is 23.1 Å². The maximum atomic E-state index is 11.3. The first-order valence-corrected chi connectivity index (χ1v) is 6.94. The van der Waals surface area contributed by atoms with Crippen molar-refractivity contribution in [2.45, 2.75) is 33.6 Å². The fraction of sp³-hybridized carbons (Fsp3) is 0.500. The Morgan fingerprint density at radius 1 is 1.35 bits per heavy atom. The Labute approximate surface area is 112 Å². The van der Waals surface area contributed by atoms with Crippen LogP contribution in [-0.2, 0) is 0 Å². The maximum absolute atomic E-state index is 11.3. The number of nitrogens with zero attached hydrogens (tertiary/aromatic N) is 1. The lowest BCUT2D eigenvalue weighted by atomic mass is 10.1. The zero-order valence-electron chi connectivity index (χ0n) is 10.8. The van der Waals surface area contributed by atoms with Gasteiger partial charge in [0.15, 0.2) is 5.78 Å². The van der Waals surface area contributed by atoms with E-state index in [1.807, 2.05) is 18.2 Å². The molecule has 3 heteroatoms. The molecule has 2 nitrogen and oxygen atoms in total. The quantitative estimate of drug-likeness (QED) is 0.731. The average Bonchev–Trinajstić information content (AvgIpc) is 2.31. The van der Waals surface area contributed by atoms with Gasteiger partial charge in [-0.25, -0.2) is 0 Å². The number of hydrogen-bond donors (Lipinski definition) is 0. The van der Waals surface area contributed by atoms with Gasteiger partial charge in [-0.05, 0) is 54.4 Å². The summed E-state index contributed by atoms with van der Waals surface area (Å²) in [6.45, 7) is 7.99. The fourth-order valence-corrected chi connectivity index (χ4v) is 2.41. The number of unbranched alkanes of at least 4 members (excludes halogenated alkanes) is 1. The molecule has 1 aromatic carbocycles. The Balaban J connectivity index is 2.92. The van der Waals surface area contributed by atoms with Gasteiger partial charge in [-0.1, -0.05) is 13.3 Å². The summed E-state index contributed by atoms with van der Waals surface area (Å²) in [4.78, 5) is 13.6. The second kappa shape index (κ2) is 6.80. The molecule has 17 heavy (non-hydrogen) atoms. The zero-order valence-corrected chi connectivity index (χ0v) is 12.4. The molecule has 0 aliphatic heterocycles. The largest absolute Gasteiger partial charge is 0.371 e. The van der Waals surface area contributed by atoms with Crippen molar-refractivity contribution in [3.8, 4) is 0 Å². The van der Waals surface area contributed by atoms with Crippen molar-refractivity contribution >= 4 is 27.4 Å². The highest BCUT2D eigenvalue weighted by Gasteiger charge is 2.09. The van der Waals surface area contributed by atoms with E-state index in [9.17, 15) is 4.79 Å². The molecule has 0 heterocycles. The van der Waals surface area contributed by atoms with Gasteiger partial charge in [-0.15, -0.1) is 0 Å². The molecule has 0 radical (unpaired) electrons. The van der Waals surface area contributed by atoms with Gasteiger partial charge in [0.1, 0.15) is 0 Å². The van der Waals surface area contributed by atoms with Crippen LogP contribution in [0.1, 0.15) is 44.0 Å². The van der Waals surface area contributed by atoms with Gasteiger partial charge >= 0.3 is 0 Å². The van der Waals surface area contributed by atoms with Gasteiger partial charge in [-0.3, -0.25) is 4.79 Å². The maximum Gasteiger partial charge on any atom is 0.159 e. The van der Waals surface area contributed by atoms with Gasteiger partial charge < -0.3 is 4.90 Å². The summed E-state index contributed by atoms with van der Waals surface area (Å²) >= 11 is 3.55. The van der Waals surface area contributed by atoms with Crippen LogP contribution >= 0.6 is 15.9 Å². The molecular formula is C14H20BrNO. The Morgan fingerprint density at radius 3 is 2.53 bits per heavy atom. The van der Waals surface area contributed by atoms with E-state index < -0.39 is 0 Å². The summed E-state index contributed by atoms with van der Waals surface area (Å²) in [6, 6.07) is 5.84. The number of carbonyl (C=O) groups is 1. The predicted molar refractivity (Wildman–Crippen MR) is 76.9 cm³/mol. The second-order valence-corrected chi connectivity index (χ2v) is 5.01. The first-order valence-electron chi connectivity index (χ1n) is 6.15. The number of hydrogen-bond acceptors (Lipinski definition) is 2. The minimum absolute atomic E-state index is 0.105. The van der Waals surface area contributed by atoms with Crippen LogP contribution in [0.25, 0.3) is 0 Å². The van der Waals surface area contributed by atoms with Gasteiger partial charge in [0.2, 0.25) is 0 Å². The lowest BCUT2D eigenvalue weighted by Crippen LogP contribution is -2.24. The lowest BCUT2D eigenvalue weighted by molar-refractivity contribution is 0.101. The van der Waals surface area contributed by atoms with Crippen molar-refractivity contribution in [3.05, 3.63) is 28.2 Å². The van der Waals surface area contributed by atoms with Crippen LogP contribution in [0.15, 0.2) is 22.7 Å². The van der Waals surface area contributed by atoms with Crippen LogP contribution in [0.2, 0.25) is 0 Å². The SMILES string of the molecule is CCCCN(CC)c1ccc(C(C)=O)cc1Br. The summed E-state index contributed by atoms with van der Waals surface area (Å²) in [5.41, 5.74) is 1.93. The summed E-state index contributed by atoms with van der Waals surface area (Å²) in [6.07, 6.45) is 2.38. The van der Waals surface area contributed by atoms with Gasteiger partial charge in [0.05, 0.1) is 5.69 Å². The molecule has 1 rings (SSSR count). The van der Waals surface area contributed by atoms with E-state index in [1.165, 1.54) is 18.5 Å². The van der Waals surface area contributed by atoms with Crippen LogP contribution < -0.4 is 4.90 Å². The fourth-order valence-electron chi connectivity index (χ4n) is 1.78. The first-order chi connectivity index (χ1) is 8.10. The van der Waals surface area contributed by atoms with Crippen molar-refractivity contribution in [1.29, 1.82) is 0 Å². The predicted octanol–water partition coefficient (Wildman–Crippen LogP) is 4.28. The number of anilines is 1. The highest BCUT2D eigenvalue weighted by Crippen LogP contribution is 2.27. The number of rotatable bonds is 6. The van der Waals surface area contributed by atoms with Crippen LogP contribution in [0, 0.1) is 0 Å². The lowest BCUT2D eigenvalue weighted by Gasteiger charge is -2.24. The number of halogens is 1. The zero-order chi connectivity index (χ0) is 12.8. The van der Waals surface area contributed by atoms with Crippen molar-refractivity contribution in [2.75, 3.05) is 18.0 Å². The number of carbonyl (C=O) groups excluding carboxylic acids is 1. The number of benzene rings is 1. The van der Waals surface area contributed by atoms with E-state index in [1.54, 1.807) is 6.92 Å². The first kappa shape index (κ1) is 14.2. The highest BCUT2D eigenvalue weighted by molar-refractivity contribution is 9.10. The summed E-state index contributed by atoms with van der Waals surface area (Å²) < 4.78 is 1.00. The van der Waals surface area contributed by atoms with Crippen molar-refractivity contribution in [2.24, 2.45) is 0 Å². The van der Waals surface area contributed by atoms with Crippen LogP contribution in [0.4, 0.5) is 5.69 Å². The molecule has 0 amide bonds. The summed E-state index contributed by atoms with van der Waals surface area (Å²) in [5.74, 6) is 0.105. The number of Topliss-reactive ketones (excluding diaryl/α,β-unsaturated/α-hetero) is 1. The van der Waals surface area contributed by atoms with Crippen LogP contribution in [0.5, 0.6) is 0 Å². The van der Waals surface area contributed by atoms with E-state index in [0.717, 1.165) is 23.1 Å². The molecular weight excluding hydrogens is 278 g/mol. The Hall–Kier alpha value is -0.830.